The van der Waals surface area contributed by atoms with Gasteiger partial charge >= 0.3 is 5.97 Å². The summed E-state index contributed by atoms with van der Waals surface area (Å²) >= 11 is 2.16. The number of ether oxygens (including phenoxy) is 1. The number of phenols is 1. The van der Waals surface area contributed by atoms with Crippen molar-refractivity contribution in [1.82, 2.24) is 0 Å². The summed E-state index contributed by atoms with van der Waals surface area (Å²) in [6, 6.07) is 12.9. The zero-order valence-electron chi connectivity index (χ0n) is 10.9. The molecule has 0 atom stereocenters. The summed E-state index contributed by atoms with van der Waals surface area (Å²) in [6.07, 6.45) is 0. The van der Waals surface area contributed by atoms with E-state index in [1.807, 2.05) is 12.1 Å². The largest absolute Gasteiger partial charge is 0.508 e. The Balaban J connectivity index is 1.84. The molecule has 2 rings (SSSR count). The molecule has 21 heavy (non-hydrogen) atoms. The number of phenolic OH excluding ortho intramolecular Hbond substituents is 1. The van der Waals surface area contributed by atoms with Crippen molar-refractivity contribution in [3.63, 3.8) is 0 Å². The van der Waals surface area contributed by atoms with Crippen LogP contribution in [0.25, 0.3) is 0 Å². The van der Waals surface area contributed by atoms with Crippen LogP contribution in [0.4, 0.5) is 5.69 Å². The Hall–Kier alpha value is -2.09. The van der Waals surface area contributed by atoms with E-state index in [1.165, 1.54) is 24.3 Å². The fraction of sp³-hybridized carbons (Fsp3) is 0.0667. The van der Waals surface area contributed by atoms with Crippen molar-refractivity contribution in [2.75, 3.05) is 11.9 Å². The summed E-state index contributed by atoms with van der Waals surface area (Å²) < 4.78 is 5.95. The van der Waals surface area contributed by atoms with E-state index in [-0.39, 0.29) is 17.9 Å². The molecule has 0 saturated carbocycles. The second kappa shape index (κ2) is 7.07. The van der Waals surface area contributed by atoms with Crippen LogP contribution in [0.3, 0.4) is 0 Å². The number of rotatable bonds is 4. The zero-order valence-corrected chi connectivity index (χ0v) is 13.0. The molecule has 108 valence electrons. The van der Waals surface area contributed by atoms with Gasteiger partial charge in [0, 0.05) is 9.26 Å². The number of hydrogen-bond acceptors (Lipinski definition) is 4. The number of nitrogens with one attached hydrogen (secondary N) is 1. The fourth-order valence-electron chi connectivity index (χ4n) is 1.54. The van der Waals surface area contributed by atoms with Crippen molar-refractivity contribution in [2.24, 2.45) is 0 Å². The number of carbonyl (C=O) groups is 2. The molecule has 5 nitrogen and oxygen atoms in total. The molecule has 2 aromatic rings. The molecule has 0 saturated heterocycles. The minimum Gasteiger partial charge on any atom is -0.508 e. The van der Waals surface area contributed by atoms with Gasteiger partial charge in [-0.3, -0.25) is 4.79 Å². The molecule has 0 aliphatic carbocycles. The number of anilines is 1. The van der Waals surface area contributed by atoms with Crippen molar-refractivity contribution in [2.45, 2.75) is 0 Å². The molecule has 1 amide bonds. The lowest BCUT2D eigenvalue weighted by atomic mass is 10.2. The summed E-state index contributed by atoms with van der Waals surface area (Å²) in [4.78, 5) is 23.3. The highest BCUT2D eigenvalue weighted by Crippen LogP contribution is 2.12. The molecular formula is C15H12INO4. The van der Waals surface area contributed by atoms with E-state index in [9.17, 15) is 9.59 Å². The normalized spacial score (nSPS) is 9.95. The third-order valence-electron chi connectivity index (χ3n) is 2.57. The number of hydrogen-bond donors (Lipinski definition) is 2. The van der Waals surface area contributed by atoms with Crippen LogP contribution < -0.4 is 5.32 Å². The predicted octanol–water partition coefficient (Wildman–Crippen LogP) is 2.79. The molecule has 0 aliphatic rings. The SMILES string of the molecule is O=C(COC(=O)c1ccc(O)cc1)Nc1ccc(I)cc1. The quantitative estimate of drug-likeness (QED) is 0.615. The average molecular weight is 397 g/mol. The Labute approximate surface area is 135 Å². The van der Waals surface area contributed by atoms with E-state index in [4.69, 9.17) is 9.84 Å². The van der Waals surface area contributed by atoms with Crippen LogP contribution >= 0.6 is 22.6 Å². The third-order valence-corrected chi connectivity index (χ3v) is 3.28. The van der Waals surface area contributed by atoms with Gasteiger partial charge in [-0.1, -0.05) is 0 Å². The van der Waals surface area contributed by atoms with Gasteiger partial charge in [-0.05, 0) is 71.1 Å². The van der Waals surface area contributed by atoms with Crippen LogP contribution in [-0.4, -0.2) is 23.6 Å². The van der Waals surface area contributed by atoms with Gasteiger partial charge in [0.25, 0.3) is 5.91 Å². The highest BCUT2D eigenvalue weighted by atomic mass is 127. The molecule has 0 unspecified atom stereocenters. The Morgan fingerprint density at radius 2 is 1.67 bits per heavy atom. The second-order valence-corrected chi connectivity index (χ2v) is 5.42. The van der Waals surface area contributed by atoms with E-state index < -0.39 is 11.9 Å². The monoisotopic (exact) mass is 397 g/mol. The number of carbonyl (C=O) groups excluding carboxylic acids is 2. The topological polar surface area (TPSA) is 75.6 Å². The average Bonchev–Trinajstić information content (AvgIpc) is 2.48. The first-order chi connectivity index (χ1) is 10.0. The maximum Gasteiger partial charge on any atom is 0.338 e. The van der Waals surface area contributed by atoms with Crippen molar-refractivity contribution < 1.29 is 19.4 Å². The van der Waals surface area contributed by atoms with Gasteiger partial charge < -0.3 is 15.2 Å². The van der Waals surface area contributed by atoms with E-state index in [2.05, 4.69) is 27.9 Å². The molecule has 0 aliphatic heterocycles. The van der Waals surface area contributed by atoms with Gasteiger partial charge in [0.15, 0.2) is 6.61 Å². The number of benzene rings is 2. The first-order valence-electron chi connectivity index (χ1n) is 6.06. The van der Waals surface area contributed by atoms with Crippen LogP contribution in [0.2, 0.25) is 0 Å². The van der Waals surface area contributed by atoms with Crippen molar-refractivity contribution in [3.05, 3.63) is 57.7 Å². The maximum absolute atomic E-state index is 11.7. The highest BCUT2D eigenvalue weighted by Gasteiger charge is 2.10. The lowest BCUT2D eigenvalue weighted by Gasteiger charge is -2.07. The van der Waals surface area contributed by atoms with E-state index in [0.717, 1.165) is 3.57 Å². The summed E-state index contributed by atoms with van der Waals surface area (Å²) in [5.41, 5.74) is 0.913. The van der Waals surface area contributed by atoms with E-state index in [0.29, 0.717) is 5.69 Å². The number of amides is 1. The van der Waals surface area contributed by atoms with Crippen LogP contribution in [0.1, 0.15) is 10.4 Å². The summed E-state index contributed by atoms with van der Waals surface area (Å²) in [6.45, 7) is -0.369. The second-order valence-electron chi connectivity index (χ2n) is 4.18. The van der Waals surface area contributed by atoms with Gasteiger partial charge in [-0.2, -0.15) is 0 Å². The fourth-order valence-corrected chi connectivity index (χ4v) is 1.90. The summed E-state index contributed by atoms with van der Waals surface area (Å²) in [5.74, 6) is -0.973. The Morgan fingerprint density at radius 3 is 2.29 bits per heavy atom. The Morgan fingerprint density at radius 1 is 1.05 bits per heavy atom. The molecule has 0 bridgehead atoms. The van der Waals surface area contributed by atoms with Crippen LogP contribution in [0.5, 0.6) is 5.75 Å². The van der Waals surface area contributed by atoms with Gasteiger partial charge in [-0.15, -0.1) is 0 Å². The molecule has 0 spiro atoms. The number of halogens is 1. The Kier molecular flexibility index (Phi) is 5.15. The minimum atomic E-state index is -0.618. The van der Waals surface area contributed by atoms with Crippen LogP contribution in [-0.2, 0) is 9.53 Å². The minimum absolute atomic E-state index is 0.0583. The maximum atomic E-state index is 11.7. The molecule has 2 N–H and O–H groups in total. The molecule has 0 aromatic heterocycles. The van der Waals surface area contributed by atoms with E-state index in [1.54, 1.807) is 12.1 Å². The molecular weight excluding hydrogens is 385 g/mol. The number of aromatic hydroxyl groups is 1. The highest BCUT2D eigenvalue weighted by molar-refractivity contribution is 14.1. The smallest absolute Gasteiger partial charge is 0.338 e. The van der Waals surface area contributed by atoms with Gasteiger partial charge in [0.1, 0.15) is 5.75 Å². The molecule has 6 heteroatoms. The lowest BCUT2D eigenvalue weighted by molar-refractivity contribution is -0.119. The van der Waals surface area contributed by atoms with Crippen LogP contribution in [0, 0.1) is 3.57 Å². The van der Waals surface area contributed by atoms with Crippen molar-refractivity contribution in [3.8, 4) is 5.75 Å². The van der Waals surface area contributed by atoms with Gasteiger partial charge in [-0.25, -0.2) is 4.79 Å². The molecule has 2 aromatic carbocycles. The van der Waals surface area contributed by atoms with E-state index >= 15 is 0 Å². The molecule has 0 radical (unpaired) electrons. The molecule has 0 fully saturated rings. The predicted molar refractivity (Wildman–Crippen MR) is 86.2 cm³/mol. The van der Waals surface area contributed by atoms with Crippen molar-refractivity contribution in [1.29, 1.82) is 0 Å². The third kappa shape index (κ3) is 4.75. The first-order valence-corrected chi connectivity index (χ1v) is 7.14. The van der Waals surface area contributed by atoms with Crippen molar-refractivity contribution >= 4 is 40.2 Å². The van der Waals surface area contributed by atoms with Gasteiger partial charge in [0.05, 0.1) is 5.56 Å². The molecule has 0 heterocycles. The zero-order chi connectivity index (χ0) is 15.2. The number of esters is 1. The lowest BCUT2D eigenvalue weighted by Crippen LogP contribution is -2.20. The standard InChI is InChI=1S/C15H12INO4/c16-11-3-5-12(6-4-11)17-14(19)9-21-15(20)10-1-7-13(18)8-2-10/h1-8,18H,9H2,(H,17,19). The first kappa shape index (κ1) is 15.3. The van der Waals surface area contributed by atoms with Gasteiger partial charge in [0.2, 0.25) is 0 Å². The summed E-state index contributed by atoms with van der Waals surface area (Å²) in [7, 11) is 0. The summed E-state index contributed by atoms with van der Waals surface area (Å²) in [5, 5.41) is 11.7. The Bertz CT molecular complexity index is 638. The van der Waals surface area contributed by atoms with Crippen LogP contribution in [0.15, 0.2) is 48.5 Å².